The third-order valence-corrected chi connectivity index (χ3v) is 7.02. The van der Waals surface area contributed by atoms with Gasteiger partial charge in [0.2, 0.25) is 11.5 Å². The monoisotopic (exact) mass is 500 g/mol. The molecule has 0 saturated carbocycles. The highest BCUT2D eigenvalue weighted by atomic mass is 16.6. The molecule has 3 rings (SSSR count). The average Bonchev–Trinajstić information content (AvgIpc) is 2.89. The van der Waals surface area contributed by atoms with Gasteiger partial charge in [-0.05, 0) is 55.4 Å². The molecule has 8 nitrogen and oxygen atoms in total. The Hall–Kier alpha value is -3.39. The van der Waals surface area contributed by atoms with Crippen molar-refractivity contribution >= 4 is 5.97 Å². The Morgan fingerprint density at radius 2 is 1.42 bits per heavy atom. The summed E-state index contributed by atoms with van der Waals surface area (Å²) in [4.78, 5) is 13.0. The number of carbonyl (C=O) groups is 1. The van der Waals surface area contributed by atoms with Crippen LogP contribution in [0.5, 0.6) is 34.5 Å². The number of methoxy groups -OCH3 is 5. The largest absolute Gasteiger partial charge is 0.493 e. The lowest BCUT2D eigenvalue weighted by Crippen LogP contribution is -2.23. The zero-order valence-corrected chi connectivity index (χ0v) is 22.5. The van der Waals surface area contributed by atoms with Gasteiger partial charge >= 0.3 is 5.97 Å². The molecule has 0 saturated heterocycles. The van der Waals surface area contributed by atoms with E-state index in [1.54, 1.807) is 26.0 Å². The first kappa shape index (κ1) is 27.2. The maximum atomic E-state index is 13.0. The summed E-state index contributed by atoms with van der Waals surface area (Å²) in [7, 11) is 7.58. The van der Waals surface area contributed by atoms with Gasteiger partial charge in [0.1, 0.15) is 0 Å². The van der Waals surface area contributed by atoms with E-state index in [9.17, 15) is 9.90 Å². The molecule has 1 aliphatic rings. The van der Waals surface area contributed by atoms with Gasteiger partial charge in [0.15, 0.2) is 23.0 Å². The van der Waals surface area contributed by atoms with Crippen LogP contribution in [0.25, 0.3) is 11.1 Å². The Kier molecular flexibility index (Phi) is 8.40. The van der Waals surface area contributed by atoms with Gasteiger partial charge < -0.3 is 33.5 Å². The Morgan fingerprint density at radius 3 is 1.94 bits per heavy atom. The van der Waals surface area contributed by atoms with Gasteiger partial charge in [-0.25, -0.2) is 4.79 Å². The molecule has 0 radical (unpaired) electrons. The van der Waals surface area contributed by atoms with E-state index >= 15 is 0 Å². The maximum absolute atomic E-state index is 13.0. The molecule has 196 valence electrons. The van der Waals surface area contributed by atoms with E-state index in [-0.39, 0.29) is 23.3 Å². The minimum Gasteiger partial charge on any atom is -0.493 e. The van der Waals surface area contributed by atoms with E-state index < -0.39 is 12.1 Å². The summed E-state index contributed by atoms with van der Waals surface area (Å²) in [6, 6.07) is 3.63. The fourth-order valence-corrected chi connectivity index (χ4v) is 4.63. The molecule has 0 aliphatic heterocycles. The van der Waals surface area contributed by atoms with Crippen LogP contribution in [0.4, 0.5) is 0 Å². The number of hydrogen-bond donors (Lipinski definition) is 1. The Morgan fingerprint density at radius 1 is 0.861 bits per heavy atom. The summed E-state index contributed by atoms with van der Waals surface area (Å²) in [5.74, 6) is 1.42. The molecule has 36 heavy (non-hydrogen) atoms. The Balaban J connectivity index is 2.57. The third kappa shape index (κ3) is 4.57. The lowest BCUT2D eigenvalue weighted by molar-refractivity contribution is -0.130. The predicted octanol–water partition coefficient (Wildman–Crippen LogP) is 5.13. The van der Waals surface area contributed by atoms with Crippen molar-refractivity contribution in [3.8, 4) is 45.6 Å². The van der Waals surface area contributed by atoms with Crippen LogP contribution < -0.4 is 28.4 Å². The van der Waals surface area contributed by atoms with Gasteiger partial charge in [-0.3, -0.25) is 0 Å². The number of aliphatic hydroxyl groups is 1. The molecule has 0 aromatic heterocycles. The molecule has 0 unspecified atom stereocenters. The molecule has 0 amide bonds. The van der Waals surface area contributed by atoms with Crippen LogP contribution in [-0.4, -0.2) is 46.6 Å². The van der Waals surface area contributed by atoms with Crippen LogP contribution in [-0.2, 0) is 11.2 Å². The van der Waals surface area contributed by atoms with Crippen LogP contribution in [0.2, 0.25) is 0 Å². The van der Waals surface area contributed by atoms with Gasteiger partial charge in [0.05, 0.1) is 41.7 Å². The van der Waals surface area contributed by atoms with E-state index in [0.717, 1.165) is 5.56 Å². The number of benzene rings is 2. The number of allylic oxidation sites excluding steroid dienone is 1. The first-order valence-electron chi connectivity index (χ1n) is 11.8. The first-order chi connectivity index (χ1) is 17.2. The van der Waals surface area contributed by atoms with Crippen LogP contribution in [0.1, 0.15) is 44.9 Å². The fourth-order valence-electron chi connectivity index (χ4n) is 4.63. The van der Waals surface area contributed by atoms with Crippen molar-refractivity contribution in [3.63, 3.8) is 0 Å². The normalized spacial score (nSPS) is 19.3. The first-order valence-corrected chi connectivity index (χ1v) is 11.8. The molecule has 8 heteroatoms. The highest BCUT2D eigenvalue weighted by molar-refractivity contribution is 5.94. The molecule has 2 aromatic rings. The van der Waals surface area contributed by atoms with Crippen molar-refractivity contribution in [2.24, 2.45) is 11.8 Å². The topological polar surface area (TPSA) is 92.7 Å². The van der Waals surface area contributed by atoms with Crippen molar-refractivity contribution in [1.82, 2.24) is 0 Å². The quantitative estimate of drug-likeness (QED) is 0.318. The molecule has 0 spiro atoms. The van der Waals surface area contributed by atoms with Crippen molar-refractivity contribution in [1.29, 1.82) is 0 Å². The minimum atomic E-state index is -0.856. The molecule has 3 atom stereocenters. The van der Waals surface area contributed by atoms with Crippen molar-refractivity contribution < 1.29 is 38.3 Å². The second-order valence-corrected chi connectivity index (χ2v) is 8.93. The van der Waals surface area contributed by atoms with E-state index in [0.29, 0.717) is 51.7 Å². The number of hydrogen-bond acceptors (Lipinski definition) is 8. The van der Waals surface area contributed by atoms with E-state index in [1.165, 1.54) is 35.5 Å². The molecule has 1 aliphatic carbocycles. The lowest BCUT2D eigenvalue weighted by atomic mass is 9.76. The second kappa shape index (κ2) is 11.1. The number of rotatable bonds is 7. The fraction of sp³-hybridized carbons (Fsp3) is 0.464. The smallest absolute Gasteiger partial charge is 0.338 e. The maximum Gasteiger partial charge on any atom is 0.338 e. The minimum absolute atomic E-state index is 0.0740. The SMILES string of the molecule is C/C=C(/C)C(=O)Oc1c(OC)c(OC)cc2c1-c1c(cc(OC)c(OC)c1OC)[C@H](O)[C@H](C)[C@H](C)C2. The van der Waals surface area contributed by atoms with Crippen LogP contribution in [0.15, 0.2) is 23.8 Å². The summed E-state index contributed by atoms with van der Waals surface area (Å²) in [5.41, 5.74) is 2.96. The highest BCUT2D eigenvalue weighted by Gasteiger charge is 2.37. The number of carbonyl (C=O) groups excluding carboxylic acids is 1. The van der Waals surface area contributed by atoms with Gasteiger partial charge in [0, 0.05) is 16.7 Å². The van der Waals surface area contributed by atoms with E-state index in [2.05, 4.69) is 6.92 Å². The van der Waals surface area contributed by atoms with Gasteiger partial charge in [-0.1, -0.05) is 19.9 Å². The summed E-state index contributed by atoms with van der Waals surface area (Å²) in [5, 5.41) is 11.5. The number of aliphatic hydroxyl groups excluding tert-OH is 1. The summed E-state index contributed by atoms with van der Waals surface area (Å²) in [6.07, 6.45) is 1.40. The highest BCUT2D eigenvalue weighted by Crippen LogP contribution is 2.57. The van der Waals surface area contributed by atoms with Gasteiger partial charge in [0.25, 0.3) is 0 Å². The molecule has 0 bridgehead atoms. The average molecular weight is 501 g/mol. The van der Waals surface area contributed by atoms with Gasteiger partial charge in [-0.2, -0.15) is 0 Å². The van der Waals surface area contributed by atoms with Gasteiger partial charge in [-0.15, -0.1) is 0 Å². The summed E-state index contributed by atoms with van der Waals surface area (Å²) < 4.78 is 34.4. The van der Waals surface area contributed by atoms with Crippen LogP contribution in [0.3, 0.4) is 0 Å². The number of ether oxygens (including phenoxy) is 6. The van der Waals surface area contributed by atoms with Crippen molar-refractivity contribution in [2.45, 2.75) is 40.2 Å². The van der Waals surface area contributed by atoms with Crippen LogP contribution >= 0.6 is 0 Å². The Labute approximate surface area is 212 Å². The van der Waals surface area contributed by atoms with Crippen molar-refractivity contribution in [3.05, 3.63) is 34.9 Å². The zero-order valence-electron chi connectivity index (χ0n) is 22.5. The molecule has 2 aromatic carbocycles. The third-order valence-electron chi connectivity index (χ3n) is 7.02. The molecule has 1 N–H and O–H groups in total. The number of esters is 1. The van der Waals surface area contributed by atoms with E-state index in [4.69, 9.17) is 28.4 Å². The molecular formula is C28H36O8. The standard InChI is InChI=1S/C28H36O8/c1-10-14(2)28(30)36-27-21-17(12-19(31-5)25(27)34-8)11-15(3)16(4)23(29)18-13-20(32-6)24(33-7)26(35-9)22(18)21/h10,12-13,15-16,23,29H,11H2,1-9H3/b14-10-/t15-,16-,23-/m1/s1. The Bertz CT molecular complexity index is 1170. The molecule has 0 fully saturated rings. The summed E-state index contributed by atoms with van der Waals surface area (Å²) in [6.45, 7) is 7.52. The van der Waals surface area contributed by atoms with Crippen LogP contribution in [0, 0.1) is 11.8 Å². The second-order valence-electron chi connectivity index (χ2n) is 8.93. The number of fused-ring (bicyclic) bond motifs is 3. The predicted molar refractivity (Wildman–Crippen MR) is 137 cm³/mol. The summed E-state index contributed by atoms with van der Waals surface area (Å²) >= 11 is 0. The lowest BCUT2D eigenvalue weighted by Gasteiger charge is -2.33. The molecule has 0 heterocycles. The zero-order chi connectivity index (χ0) is 26.7. The van der Waals surface area contributed by atoms with E-state index in [1.807, 2.05) is 13.0 Å². The van der Waals surface area contributed by atoms with Crippen molar-refractivity contribution in [2.75, 3.05) is 35.5 Å². The molecular weight excluding hydrogens is 464 g/mol.